The molecule has 1 saturated carbocycles. The molecular weight excluding hydrogens is 393 g/mol. The molecule has 0 bridgehead atoms. The summed E-state index contributed by atoms with van der Waals surface area (Å²) in [7, 11) is 0. The van der Waals surface area contributed by atoms with E-state index in [1.54, 1.807) is 17.0 Å². The van der Waals surface area contributed by atoms with E-state index < -0.39 is 0 Å². The first-order valence-corrected chi connectivity index (χ1v) is 11.4. The lowest BCUT2D eigenvalue weighted by Gasteiger charge is -2.34. The summed E-state index contributed by atoms with van der Waals surface area (Å²) in [6.45, 7) is 5.20. The number of quaternary nitrogens is 2. The summed E-state index contributed by atoms with van der Waals surface area (Å²) in [5.41, 5.74) is 2.36. The standard InChI is InChI=1S/C23H28FN7/c24-20-9-7-19(8-10-20)22(23-26-27-28-31(23)21-5-1-2-6-21)30-14-12-29(13-15-30)17-18-4-3-11-25-16-18/h3-4,7-11,16,21-22H,1-2,5-6,12-15,17H2/p+2/t22-/m1/s1. The van der Waals surface area contributed by atoms with Gasteiger partial charge in [-0.2, -0.15) is 0 Å². The molecule has 2 aliphatic rings. The summed E-state index contributed by atoms with van der Waals surface area (Å²) in [5, 5.41) is 12.9. The van der Waals surface area contributed by atoms with Crippen molar-refractivity contribution in [3.63, 3.8) is 0 Å². The second-order valence-electron chi connectivity index (χ2n) is 8.85. The van der Waals surface area contributed by atoms with Gasteiger partial charge in [0.25, 0.3) is 0 Å². The number of halogens is 1. The third kappa shape index (κ3) is 4.50. The molecule has 3 aromatic rings. The van der Waals surface area contributed by atoms with Crippen LogP contribution >= 0.6 is 0 Å². The predicted octanol–water partition coefficient (Wildman–Crippen LogP) is 0.395. The third-order valence-electron chi connectivity index (χ3n) is 6.83. The normalized spacial score (nSPS) is 23.1. The van der Waals surface area contributed by atoms with Gasteiger partial charge in [-0.3, -0.25) is 4.98 Å². The van der Waals surface area contributed by atoms with Crippen LogP contribution in [-0.4, -0.2) is 51.4 Å². The average molecular weight is 424 g/mol. The molecule has 0 radical (unpaired) electrons. The van der Waals surface area contributed by atoms with Gasteiger partial charge in [-0.1, -0.05) is 18.9 Å². The lowest BCUT2D eigenvalue weighted by atomic mass is 10.0. The van der Waals surface area contributed by atoms with Crippen molar-refractivity contribution >= 4 is 0 Å². The highest BCUT2D eigenvalue weighted by molar-refractivity contribution is 5.23. The van der Waals surface area contributed by atoms with Crippen molar-refractivity contribution in [2.75, 3.05) is 26.2 Å². The Hall–Kier alpha value is -2.71. The Morgan fingerprint density at radius 3 is 2.52 bits per heavy atom. The van der Waals surface area contributed by atoms with Crippen molar-refractivity contribution in [3.05, 3.63) is 71.6 Å². The highest BCUT2D eigenvalue weighted by atomic mass is 19.1. The minimum atomic E-state index is -0.210. The number of rotatable bonds is 6. The molecule has 31 heavy (non-hydrogen) atoms. The van der Waals surface area contributed by atoms with Crippen molar-refractivity contribution in [2.24, 2.45) is 0 Å². The van der Waals surface area contributed by atoms with Gasteiger partial charge >= 0.3 is 0 Å². The van der Waals surface area contributed by atoms with Crippen LogP contribution in [0.15, 0.2) is 48.8 Å². The monoisotopic (exact) mass is 423 g/mol. The molecule has 1 aliphatic carbocycles. The lowest BCUT2D eigenvalue weighted by Crippen LogP contribution is -3.27. The molecule has 7 nitrogen and oxygen atoms in total. The van der Waals surface area contributed by atoms with Crippen LogP contribution in [0.3, 0.4) is 0 Å². The van der Waals surface area contributed by atoms with E-state index in [2.05, 4.69) is 31.3 Å². The fourth-order valence-electron chi connectivity index (χ4n) is 5.20. The zero-order valence-electron chi connectivity index (χ0n) is 17.8. The average Bonchev–Trinajstić information content (AvgIpc) is 3.49. The number of nitrogens with zero attached hydrogens (tertiary/aromatic N) is 5. The Morgan fingerprint density at radius 1 is 1.03 bits per heavy atom. The van der Waals surface area contributed by atoms with Crippen LogP contribution < -0.4 is 9.80 Å². The quantitative estimate of drug-likeness (QED) is 0.602. The maximum absolute atomic E-state index is 13.7. The van der Waals surface area contributed by atoms with Crippen LogP contribution in [-0.2, 0) is 6.54 Å². The van der Waals surface area contributed by atoms with Gasteiger partial charge < -0.3 is 9.80 Å². The Labute approximate surface area is 181 Å². The molecule has 5 rings (SSSR count). The van der Waals surface area contributed by atoms with Crippen LogP contribution in [0.1, 0.15) is 54.7 Å². The van der Waals surface area contributed by atoms with E-state index in [1.165, 1.54) is 23.3 Å². The number of pyridine rings is 1. The number of aromatic nitrogens is 5. The largest absolute Gasteiger partial charge is 0.322 e. The first kappa shape index (κ1) is 20.2. The second kappa shape index (κ2) is 9.20. The van der Waals surface area contributed by atoms with Crippen molar-refractivity contribution < 1.29 is 14.2 Å². The Balaban J connectivity index is 1.37. The number of tetrazole rings is 1. The Morgan fingerprint density at radius 2 is 1.81 bits per heavy atom. The summed E-state index contributed by atoms with van der Waals surface area (Å²) in [6, 6.07) is 11.5. The molecule has 2 aromatic heterocycles. The molecule has 1 atom stereocenters. The molecule has 1 saturated heterocycles. The number of benzene rings is 1. The molecule has 162 valence electrons. The molecule has 3 heterocycles. The van der Waals surface area contributed by atoms with Gasteiger partial charge in [-0.05, 0) is 53.6 Å². The van der Waals surface area contributed by atoms with Crippen LogP contribution in [0.25, 0.3) is 0 Å². The second-order valence-corrected chi connectivity index (χ2v) is 8.85. The number of hydrogen-bond acceptors (Lipinski definition) is 4. The molecule has 0 spiro atoms. The number of nitrogens with one attached hydrogen (secondary N) is 2. The zero-order chi connectivity index (χ0) is 21.0. The highest BCUT2D eigenvalue weighted by Gasteiger charge is 2.37. The summed E-state index contributed by atoms with van der Waals surface area (Å²) in [5.74, 6) is 0.711. The first-order valence-electron chi connectivity index (χ1n) is 11.4. The van der Waals surface area contributed by atoms with Gasteiger partial charge in [-0.15, -0.1) is 5.10 Å². The highest BCUT2D eigenvalue weighted by Crippen LogP contribution is 2.31. The molecule has 8 heteroatoms. The van der Waals surface area contributed by atoms with Crippen LogP contribution in [0.4, 0.5) is 4.39 Å². The topological polar surface area (TPSA) is 65.4 Å². The number of hydrogen-bond donors (Lipinski definition) is 2. The lowest BCUT2D eigenvalue weighted by molar-refractivity contribution is -1.03. The minimum Gasteiger partial charge on any atom is -0.322 e. The van der Waals surface area contributed by atoms with Crippen LogP contribution in [0.5, 0.6) is 0 Å². The molecule has 1 aliphatic heterocycles. The van der Waals surface area contributed by atoms with Gasteiger partial charge in [0, 0.05) is 23.5 Å². The summed E-state index contributed by atoms with van der Waals surface area (Å²) in [4.78, 5) is 7.28. The van der Waals surface area contributed by atoms with Crippen molar-refractivity contribution in [1.82, 2.24) is 25.2 Å². The predicted molar refractivity (Wildman–Crippen MR) is 113 cm³/mol. The Bertz CT molecular complexity index is 961. The smallest absolute Gasteiger partial charge is 0.214 e. The van der Waals surface area contributed by atoms with Gasteiger partial charge in [-0.25, -0.2) is 9.07 Å². The van der Waals surface area contributed by atoms with E-state index in [0.717, 1.165) is 57.0 Å². The van der Waals surface area contributed by atoms with E-state index in [1.807, 2.05) is 30.6 Å². The zero-order valence-corrected chi connectivity index (χ0v) is 17.8. The van der Waals surface area contributed by atoms with E-state index in [4.69, 9.17) is 0 Å². The minimum absolute atomic E-state index is 0.0242. The number of piperazine rings is 1. The van der Waals surface area contributed by atoms with E-state index >= 15 is 0 Å². The first-order chi connectivity index (χ1) is 15.3. The molecular formula is C23H30FN7+2. The van der Waals surface area contributed by atoms with Gasteiger partial charge in [0.15, 0.2) is 6.04 Å². The summed E-state index contributed by atoms with van der Waals surface area (Å²) < 4.78 is 15.7. The Kier molecular flexibility index (Phi) is 5.99. The summed E-state index contributed by atoms with van der Waals surface area (Å²) >= 11 is 0. The SMILES string of the molecule is Fc1ccc([C@H](c2nnnn2C2CCCC2)[NH+]2CC[NH+](Cc3cccnc3)CC2)cc1. The molecule has 0 amide bonds. The fourth-order valence-corrected chi connectivity index (χ4v) is 5.20. The van der Waals surface area contributed by atoms with Crippen LogP contribution in [0, 0.1) is 5.82 Å². The maximum atomic E-state index is 13.7. The molecule has 1 aromatic carbocycles. The van der Waals surface area contributed by atoms with Gasteiger partial charge in [0.1, 0.15) is 38.5 Å². The van der Waals surface area contributed by atoms with E-state index in [0.29, 0.717) is 6.04 Å². The van der Waals surface area contributed by atoms with Gasteiger partial charge in [0.05, 0.1) is 6.04 Å². The fraction of sp³-hybridized carbons (Fsp3) is 0.478. The van der Waals surface area contributed by atoms with Crippen LogP contribution in [0.2, 0.25) is 0 Å². The van der Waals surface area contributed by atoms with Crippen molar-refractivity contribution in [1.29, 1.82) is 0 Å². The molecule has 2 fully saturated rings. The third-order valence-corrected chi connectivity index (χ3v) is 6.83. The van der Waals surface area contributed by atoms with Crippen molar-refractivity contribution in [2.45, 2.75) is 44.3 Å². The molecule has 2 N–H and O–H groups in total. The summed E-state index contributed by atoms with van der Waals surface area (Å²) in [6.07, 6.45) is 8.51. The van der Waals surface area contributed by atoms with Gasteiger partial charge in [0.2, 0.25) is 5.82 Å². The molecule has 0 unspecified atom stereocenters. The maximum Gasteiger partial charge on any atom is 0.214 e. The van der Waals surface area contributed by atoms with E-state index in [-0.39, 0.29) is 11.9 Å². The van der Waals surface area contributed by atoms with E-state index in [9.17, 15) is 4.39 Å². The van der Waals surface area contributed by atoms with Crippen molar-refractivity contribution in [3.8, 4) is 0 Å².